The lowest BCUT2D eigenvalue weighted by atomic mass is 10.8. The van der Waals surface area contributed by atoms with Crippen molar-refractivity contribution in [2.24, 2.45) is 0 Å². The molecule has 9 heavy (non-hydrogen) atoms. The van der Waals surface area contributed by atoms with Crippen molar-refractivity contribution in [1.29, 1.82) is 0 Å². The zero-order valence-electron chi connectivity index (χ0n) is 4.23. The molecule has 0 aliphatic rings. The van der Waals surface area contributed by atoms with Crippen molar-refractivity contribution in [2.45, 2.75) is 0 Å². The van der Waals surface area contributed by atoms with E-state index in [0.29, 0.717) is 0 Å². The molecule has 0 aromatic rings. The molecule has 52 valence electrons. The van der Waals surface area contributed by atoms with E-state index in [9.17, 15) is 13.9 Å². The van der Waals surface area contributed by atoms with Crippen molar-refractivity contribution < 1.29 is 18.8 Å². The predicted octanol–water partition coefficient (Wildman–Crippen LogP) is 0.0519. The molecule has 0 amide bonds. The van der Waals surface area contributed by atoms with Crippen molar-refractivity contribution in [1.82, 2.24) is 4.89 Å². The fourth-order valence-corrected chi connectivity index (χ4v) is 0.566. The highest BCUT2D eigenvalue weighted by atomic mass is 32.1. The molecule has 0 unspecified atom stereocenters. The van der Waals surface area contributed by atoms with Gasteiger partial charge in [-0.2, -0.15) is 0 Å². The fourth-order valence-electron chi connectivity index (χ4n) is 0.189. The highest BCUT2D eigenvalue weighted by Crippen LogP contribution is 2.00. The number of nitrogens with one attached hydrogen (secondary N) is 1. The standard InChI is InChI=1S/C2H4NO4PS/c4-2(7-3-9)1-8(5)6/h3,9H,1H2. The van der Waals surface area contributed by atoms with Gasteiger partial charge < -0.3 is 4.84 Å². The first kappa shape index (κ1) is 8.68. The van der Waals surface area contributed by atoms with Gasteiger partial charge in [0.05, 0.1) is 0 Å². The zero-order valence-corrected chi connectivity index (χ0v) is 6.02. The van der Waals surface area contributed by atoms with Gasteiger partial charge in [-0.1, -0.05) is 17.7 Å². The van der Waals surface area contributed by atoms with E-state index in [2.05, 4.69) is 17.7 Å². The number of carbonyl (C=O) groups excluding carboxylic acids is 1. The van der Waals surface area contributed by atoms with Gasteiger partial charge in [-0.25, -0.2) is 13.9 Å². The highest BCUT2D eigenvalue weighted by Gasteiger charge is 2.04. The molecule has 0 saturated heterocycles. The summed E-state index contributed by atoms with van der Waals surface area (Å²) in [6.45, 7) is 0. The van der Waals surface area contributed by atoms with Crippen LogP contribution in [0.3, 0.4) is 0 Å². The number of carbonyl (C=O) groups is 1. The van der Waals surface area contributed by atoms with Crippen LogP contribution in [0.25, 0.3) is 0 Å². The molecule has 0 rings (SSSR count). The topological polar surface area (TPSA) is 72.5 Å². The Kier molecular flexibility index (Phi) is 4.39. The average Bonchev–Trinajstić information content (AvgIpc) is 1.63. The maximum Gasteiger partial charge on any atom is 0.340 e. The molecule has 0 saturated carbocycles. The van der Waals surface area contributed by atoms with Gasteiger partial charge in [0, 0.05) is 0 Å². The van der Waals surface area contributed by atoms with E-state index >= 15 is 0 Å². The Morgan fingerprint density at radius 2 is 2.22 bits per heavy atom. The summed E-state index contributed by atoms with van der Waals surface area (Å²) < 4.78 is 19.5. The molecule has 0 radical (unpaired) electrons. The summed E-state index contributed by atoms with van der Waals surface area (Å²) in [5.74, 6) is -0.874. The molecule has 7 heteroatoms. The maximum absolute atomic E-state index is 10.1. The third kappa shape index (κ3) is 5.55. The Morgan fingerprint density at radius 1 is 1.67 bits per heavy atom. The van der Waals surface area contributed by atoms with Crippen LogP contribution in [0.15, 0.2) is 0 Å². The van der Waals surface area contributed by atoms with Crippen molar-refractivity contribution in [3.05, 3.63) is 0 Å². The minimum Gasteiger partial charge on any atom is -0.359 e. The van der Waals surface area contributed by atoms with Crippen LogP contribution in [0.4, 0.5) is 0 Å². The molecule has 0 spiro atoms. The van der Waals surface area contributed by atoms with Crippen molar-refractivity contribution in [3.8, 4) is 0 Å². The molecule has 0 aromatic heterocycles. The quantitative estimate of drug-likeness (QED) is 0.355. The Morgan fingerprint density at radius 3 is 2.56 bits per heavy atom. The van der Waals surface area contributed by atoms with Crippen LogP contribution < -0.4 is 4.89 Å². The first-order valence-electron chi connectivity index (χ1n) is 1.87. The largest absolute Gasteiger partial charge is 0.359 e. The summed E-state index contributed by atoms with van der Waals surface area (Å²) in [5, 5.41) is 0. The Hall–Kier alpha value is -0.320. The second kappa shape index (κ2) is 4.55. The van der Waals surface area contributed by atoms with Crippen LogP contribution in [-0.4, -0.2) is 12.1 Å². The number of hydrogen-bond acceptors (Lipinski definition) is 6. The van der Waals surface area contributed by atoms with Gasteiger partial charge in [-0.05, 0) is 0 Å². The molecule has 0 aliphatic heterocycles. The van der Waals surface area contributed by atoms with E-state index in [4.69, 9.17) is 0 Å². The van der Waals surface area contributed by atoms with E-state index in [1.54, 1.807) is 4.89 Å². The molecule has 1 N–H and O–H groups in total. The van der Waals surface area contributed by atoms with Crippen LogP contribution in [0.1, 0.15) is 0 Å². The van der Waals surface area contributed by atoms with Gasteiger partial charge in [0.1, 0.15) is 0 Å². The van der Waals surface area contributed by atoms with Gasteiger partial charge in [-0.15, -0.1) is 0 Å². The van der Waals surface area contributed by atoms with Crippen molar-refractivity contribution >= 4 is 26.5 Å². The number of thiol groups is 1. The minimum absolute atomic E-state index is 0.622. The summed E-state index contributed by atoms with van der Waals surface area (Å²) in [6, 6.07) is 0. The lowest BCUT2D eigenvalue weighted by Crippen LogP contribution is -2.11. The van der Waals surface area contributed by atoms with E-state index in [1.165, 1.54) is 0 Å². The average molecular weight is 169 g/mol. The summed E-state index contributed by atoms with van der Waals surface area (Å²) in [5.41, 5.74) is 0. The van der Waals surface area contributed by atoms with Gasteiger partial charge in [-0.3, -0.25) is 0 Å². The van der Waals surface area contributed by atoms with Crippen LogP contribution in [0.5, 0.6) is 0 Å². The van der Waals surface area contributed by atoms with Gasteiger partial charge in [0.25, 0.3) is 0 Å². The third-order valence-electron chi connectivity index (χ3n) is 0.418. The van der Waals surface area contributed by atoms with Gasteiger partial charge >= 0.3 is 13.6 Å². The Balaban J connectivity index is 3.51. The van der Waals surface area contributed by atoms with Gasteiger partial charge in [0.2, 0.25) is 0 Å². The number of hydrogen-bond donors (Lipinski definition) is 2. The first-order chi connectivity index (χ1) is 4.16. The third-order valence-corrected chi connectivity index (χ3v) is 1.03. The molecule has 0 heterocycles. The second-order valence-corrected chi connectivity index (χ2v) is 2.22. The fraction of sp³-hybridized carbons (Fsp3) is 0.500. The van der Waals surface area contributed by atoms with E-state index in [1.807, 2.05) is 0 Å². The Bertz CT molecular complexity index is 158. The van der Waals surface area contributed by atoms with Crippen LogP contribution in [-0.2, 0) is 18.8 Å². The normalized spacial score (nSPS) is 8.56. The first-order valence-corrected chi connectivity index (χ1v) is 3.68. The maximum atomic E-state index is 10.1. The summed E-state index contributed by atoms with van der Waals surface area (Å²) >= 11 is 3.29. The predicted molar refractivity (Wildman–Crippen MR) is 31.4 cm³/mol. The lowest BCUT2D eigenvalue weighted by Gasteiger charge is -1.92. The highest BCUT2D eigenvalue weighted by molar-refractivity contribution is 7.77. The summed E-state index contributed by atoms with van der Waals surface area (Å²) in [6.07, 6.45) is -0.622. The van der Waals surface area contributed by atoms with Crippen LogP contribution in [0, 0.1) is 0 Å². The summed E-state index contributed by atoms with van der Waals surface area (Å²) in [7, 11) is -2.70. The monoisotopic (exact) mass is 169 g/mol. The van der Waals surface area contributed by atoms with Crippen LogP contribution >= 0.6 is 20.5 Å². The Labute approximate surface area is 57.1 Å². The van der Waals surface area contributed by atoms with Crippen molar-refractivity contribution in [2.75, 3.05) is 6.16 Å². The summed E-state index contributed by atoms with van der Waals surface area (Å²) in [4.78, 5) is 15.8. The van der Waals surface area contributed by atoms with E-state index in [0.717, 1.165) is 0 Å². The molecule has 0 bridgehead atoms. The molecule has 0 aliphatic carbocycles. The molecule has 0 fully saturated rings. The minimum atomic E-state index is -2.70. The van der Waals surface area contributed by atoms with E-state index < -0.39 is 19.8 Å². The zero-order chi connectivity index (χ0) is 7.28. The second-order valence-electron chi connectivity index (χ2n) is 1.06. The van der Waals surface area contributed by atoms with E-state index in [-0.39, 0.29) is 0 Å². The van der Waals surface area contributed by atoms with Crippen LogP contribution in [0.2, 0.25) is 0 Å². The smallest absolute Gasteiger partial charge is 0.340 e. The molecule has 5 nitrogen and oxygen atoms in total. The number of rotatable bonds is 3. The lowest BCUT2D eigenvalue weighted by molar-refractivity contribution is -0.143. The SMILES string of the molecule is O=C(CP(=O)=O)ONS. The van der Waals surface area contributed by atoms with Gasteiger partial charge in [0.15, 0.2) is 6.16 Å². The molecule has 0 aromatic carbocycles. The molecular formula is C2H4NO4PS. The molecular weight excluding hydrogens is 165 g/mol. The van der Waals surface area contributed by atoms with Crippen molar-refractivity contribution in [3.63, 3.8) is 0 Å². The molecule has 0 atom stereocenters.